The van der Waals surface area contributed by atoms with Gasteiger partial charge in [0.2, 0.25) is 5.09 Å². The van der Waals surface area contributed by atoms with Crippen LogP contribution >= 0.6 is 0 Å². The number of sulfonamides is 1. The van der Waals surface area contributed by atoms with E-state index in [0.717, 1.165) is 25.7 Å². The minimum absolute atomic E-state index is 0.00938. The predicted molar refractivity (Wildman–Crippen MR) is 64.0 cm³/mol. The molecule has 1 fully saturated rings. The van der Waals surface area contributed by atoms with Gasteiger partial charge in [-0.15, -0.1) is 0 Å². The fourth-order valence-electron chi connectivity index (χ4n) is 2.07. The van der Waals surface area contributed by atoms with Crippen molar-refractivity contribution in [1.29, 1.82) is 0 Å². The minimum Gasteiger partial charge on any atom is -0.449 e. The van der Waals surface area contributed by atoms with Gasteiger partial charge in [0, 0.05) is 12.1 Å². The number of aryl methyl sites for hydroxylation is 1. The first kappa shape index (κ1) is 12.6. The molecular formula is C11H18N2O3S. The van der Waals surface area contributed by atoms with E-state index in [2.05, 4.69) is 4.72 Å². The largest absolute Gasteiger partial charge is 0.449 e. The zero-order chi connectivity index (χ0) is 12.5. The summed E-state index contributed by atoms with van der Waals surface area (Å²) in [6.45, 7) is 1.72. The fourth-order valence-corrected chi connectivity index (χ4v) is 3.35. The van der Waals surface area contributed by atoms with Gasteiger partial charge in [0.15, 0.2) is 0 Å². The van der Waals surface area contributed by atoms with Crippen LogP contribution in [0, 0.1) is 6.92 Å². The standard InChI is InChI=1S/C11H18N2O3S/c1-8-2-7-11(16-8)17(14,15)13-10-5-3-9(12)4-6-10/h2,7,9-10,13H,3-6,12H2,1H3. The van der Waals surface area contributed by atoms with Gasteiger partial charge in [-0.3, -0.25) is 0 Å². The molecule has 1 aromatic rings. The number of hydrogen-bond donors (Lipinski definition) is 2. The van der Waals surface area contributed by atoms with E-state index in [1.807, 2.05) is 0 Å². The van der Waals surface area contributed by atoms with Gasteiger partial charge in [-0.25, -0.2) is 13.1 Å². The molecule has 2 rings (SSSR count). The number of furan rings is 1. The lowest BCUT2D eigenvalue weighted by atomic mass is 9.93. The molecule has 0 bridgehead atoms. The maximum atomic E-state index is 12.0. The molecule has 5 nitrogen and oxygen atoms in total. The second-order valence-corrected chi connectivity index (χ2v) is 6.24. The molecule has 0 saturated heterocycles. The molecular weight excluding hydrogens is 240 g/mol. The summed E-state index contributed by atoms with van der Waals surface area (Å²) in [6.07, 6.45) is 3.31. The van der Waals surface area contributed by atoms with Gasteiger partial charge >= 0.3 is 0 Å². The Hall–Kier alpha value is -0.850. The lowest BCUT2D eigenvalue weighted by molar-refractivity contribution is 0.366. The van der Waals surface area contributed by atoms with Gasteiger partial charge < -0.3 is 10.2 Å². The molecule has 0 unspecified atom stereocenters. The van der Waals surface area contributed by atoms with Crippen molar-refractivity contribution in [2.45, 2.75) is 49.8 Å². The third kappa shape index (κ3) is 3.08. The van der Waals surface area contributed by atoms with E-state index in [0.29, 0.717) is 5.76 Å². The average molecular weight is 258 g/mol. The third-order valence-corrected chi connectivity index (χ3v) is 4.47. The molecule has 0 radical (unpaired) electrons. The van der Waals surface area contributed by atoms with Crippen molar-refractivity contribution >= 4 is 10.0 Å². The normalized spacial score (nSPS) is 26.0. The van der Waals surface area contributed by atoms with Crippen LogP contribution in [0.3, 0.4) is 0 Å². The van der Waals surface area contributed by atoms with Crippen LogP contribution in [0.2, 0.25) is 0 Å². The molecule has 17 heavy (non-hydrogen) atoms. The zero-order valence-electron chi connectivity index (χ0n) is 9.85. The van der Waals surface area contributed by atoms with Crippen molar-refractivity contribution in [2.75, 3.05) is 0 Å². The summed E-state index contributed by atoms with van der Waals surface area (Å²) in [5.74, 6) is 0.594. The summed E-state index contributed by atoms with van der Waals surface area (Å²) in [5.41, 5.74) is 5.78. The Bertz CT molecular complexity index is 473. The molecule has 0 atom stereocenters. The Morgan fingerprint density at radius 2 is 1.94 bits per heavy atom. The third-order valence-electron chi connectivity index (χ3n) is 3.07. The summed E-state index contributed by atoms with van der Waals surface area (Å²) in [7, 11) is -3.51. The van der Waals surface area contributed by atoms with E-state index >= 15 is 0 Å². The molecule has 1 heterocycles. The van der Waals surface area contributed by atoms with Gasteiger partial charge in [-0.05, 0) is 44.7 Å². The molecule has 1 saturated carbocycles. The topological polar surface area (TPSA) is 85.3 Å². The van der Waals surface area contributed by atoms with E-state index in [-0.39, 0.29) is 17.2 Å². The quantitative estimate of drug-likeness (QED) is 0.851. The van der Waals surface area contributed by atoms with Crippen LogP contribution in [-0.2, 0) is 10.0 Å². The van der Waals surface area contributed by atoms with Crippen LogP contribution in [0.25, 0.3) is 0 Å². The lowest BCUT2D eigenvalue weighted by Gasteiger charge is -2.26. The van der Waals surface area contributed by atoms with Crippen molar-refractivity contribution in [3.8, 4) is 0 Å². The molecule has 1 aliphatic carbocycles. The van der Waals surface area contributed by atoms with Crippen LogP contribution < -0.4 is 10.5 Å². The van der Waals surface area contributed by atoms with Gasteiger partial charge in [0.25, 0.3) is 10.0 Å². The average Bonchev–Trinajstić information content (AvgIpc) is 2.69. The van der Waals surface area contributed by atoms with Crippen molar-refractivity contribution in [3.05, 3.63) is 17.9 Å². The van der Waals surface area contributed by atoms with Crippen LogP contribution in [0.1, 0.15) is 31.4 Å². The maximum Gasteiger partial charge on any atom is 0.274 e. The highest BCUT2D eigenvalue weighted by Gasteiger charge is 2.25. The molecule has 0 aliphatic heterocycles. The molecule has 0 aromatic carbocycles. The highest BCUT2D eigenvalue weighted by molar-refractivity contribution is 7.89. The van der Waals surface area contributed by atoms with Crippen LogP contribution in [0.4, 0.5) is 0 Å². The Morgan fingerprint density at radius 3 is 2.47 bits per heavy atom. The van der Waals surface area contributed by atoms with Gasteiger partial charge in [-0.2, -0.15) is 0 Å². The molecule has 96 valence electrons. The predicted octanol–water partition coefficient (Wildman–Crippen LogP) is 1.14. The second-order valence-electron chi connectivity index (χ2n) is 4.60. The van der Waals surface area contributed by atoms with E-state index in [1.54, 1.807) is 13.0 Å². The van der Waals surface area contributed by atoms with Crippen LogP contribution in [0.15, 0.2) is 21.6 Å². The summed E-state index contributed by atoms with van der Waals surface area (Å²) in [5, 5.41) is -0.00938. The van der Waals surface area contributed by atoms with Gasteiger partial charge in [-0.1, -0.05) is 0 Å². The lowest BCUT2D eigenvalue weighted by Crippen LogP contribution is -2.40. The minimum atomic E-state index is -3.51. The van der Waals surface area contributed by atoms with Crippen molar-refractivity contribution in [1.82, 2.24) is 4.72 Å². The number of nitrogens with two attached hydrogens (primary N) is 1. The Balaban J connectivity index is 2.03. The summed E-state index contributed by atoms with van der Waals surface area (Å²) in [4.78, 5) is 0. The Kier molecular flexibility index (Phi) is 3.56. The first-order chi connectivity index (χ1) is 7.97. The molecule has 1 aromatic heterocycles. The molecule has 3 N–H and O–H groups in total. The second kappa shape index (κ2) is 4.80. The van der Waals surface area contributed by atoms with Gasteiger partial charge in [0.1, 0.15) is 5.76 Å². The summed E-state index contributed by atoms with van der Waals surface area (Å²) >= 11 is 0. The van der Waals surface area contributed by atoms with Crippen LogP contribution in [-0.4, -0.2) is 20.5 Å². The van der Waals surface area contributed by atoms with E-state index < -0.39 is 10.0 Å². The van der Waals surface area contributed by atoms with Crippen molar-refractivity contribution in [2.24, 2.45) is 5.73 Å². The summed E-state index contributed by atoms with van der Waals surface area (Å²) < 4.78 is 31.7. The Labute approximate surface area is 101 Å². The highest BCUT2D eigenvalue weighted by atomic mass is 32.2. The molecule has 6 heteroatoms. The molecule has 0 spiro atoms. The maximum absolute atomic E-state index is 12.0. The number of rotatable bonds is 3. The first-order valence-electron chi connectivity index (χ1n) is 5.82. The Morgan fingerprint density at radius 1 is 1.29 bits per heavy atom. The van der Waals surface area contributed by atoms with E-state index in [9.17, 15) is 8.42 Å². The highest BCUT2D eigenvalue weighted by Crippen LogP contribution is 2.20. The monoisotopic (exact) mass is 258 g/mol. The first-order valence-corrected chi connectivity index (χ1v) is 7.30. The zero-order valence-corrected chi connectivity index (χ0v) is 10.7. The van der Waals surface area contributed by atoms with Crippen LogP contribution in [0.5, 0.6) is 0 Å². The van der Waals surface area contributed by atoms with Crippen molar-refractivity contribution < 1.29 is 12.8 Å². The van der Waals surface area contributed by atoms with E-state index in [1.165, 1.54) is 6.07 Å². The molecule has 1 aliphatic rings. The van der Waals surface area contributed by atoms with Gasteiger partial charge in [0.05, 0.1) is 0 Å². The smallest absolute Gasteiger partial charge is 0.274 e. The fraction of sp³-hybridized carbons (Fsp3) is 0.636. The number of hydrogen-bond acceptors (Lipinski definition) is 4. The summed E-state index contributed by atoms with van der Waals surface area (Å²) in [6, 6.07) is 3.31. The van der Waals surface area contributed by atoms with Crippen molar-refractivity contribution in [3.63, 3.8) is 0 Å². The number of nitrogens with one attached hydrogen (secondary N) is 1. The SMILES string of the molecule is Cc1ccc(S(=O)(=O)NC2CCC(N)CC2)o1. The molecule has 0 amide bonds. The van der Waals surface area contributed by atoms with E-state index in [4.69, 9.17) is 10.2 Å².